The summed E-state index contributed by atoms with van der Waals surface area (Å²) in [4.78, 5) is 14.6. The van der Waals surface area contributed by atoms with E-state index in [2.05, 4.69) is 15.0 Å². The van der Waals surface area contributed by atoms with Crippen LogP contribution in [0.3, 0.4) is 0 Å². The Morgan fingerprint density at radius 1 is 1.43 bits per heavy atom. The summed E-state index contributed by atoms with van der Waals surface area (Å²) in [6.07, 6.45) is 1.56. The number of hydrogen-bond donors (Lipinski definition) is 2. The SMILES string of the molecule is CNc1ccc([N+](=O)[O-])cc1S(=O)(=O)NCc1cncs1. The maximum atomic E-state index is 12.3. The molecule has 21 heavy (non-hydrogen) atoms. The summed E-state index contributed by atoms with van der Waals surface area (Å²) in [5.74, 6) is 0. The fraction of sp³-hybridized carbons (Fsp3) is 0.182. The van der Waals surface area contributed by atoms with Gasteiger partial charge < -0.3 is 5.32 Å². The molecule has 0 atom stereocenters. The van der Waals surface area contributed by atoms with Gasteiger partial charge in [0.15, 0.2) is 0 Å². The van der Waals surface area contributed by atoms with Gasteiger partial charge in [-0.25, -0.2) is 13.1 Å². The van der Waals surface area contributed by atoms with Crippen LogP contribution in [-0.2, 0) is 16.6 Å². The van der Waals surface area contributed by atoms with Crippen LogP contribution in [0.5, 0.6) is 0 Å². The first kappa shape index (κ1) is 15.4. The minimum atomic E-state index is -3.87. The number of rotatable bonds is 6. The Bertz CT molecular complexity index is 744. The highest BCUT2D eigenvalue weighted by Crippen LogP contribution is 2.26. The molecular weight excluding hydrogens is 316 g/mol. The standard InChI is InChI=1S/C11H12N4O4S2/c1-12-10-3-2-8(15(16)17)4-11(10)21(18,19)14-6-9-5-13-7-20-9/h2-5,7,12,14H,6H2,1H3. The van der Waals surface area contributed by atoms with Crippen molar-refractivity contribution in [1.29, 1.82) is 0 Å². The summed E-state index contributed by atoms with van der Waals surface area (Å²) < 4.78 is 27.0. The topological polar surface area (TPSA) is 114 Å². The predicted molar refractivity (Wildman–Crippen MR) is 78.8 cm³/mol. The lowest BCUT2D eigenvalue weighted by Gasteiger charge is -2.10. The lowest BCUT2D eigenvalue weighted by Crippen LogP contribution is -2.23. The molecule has 112 valence electrons. The van der Waals surface area contributed by atoms with Gasteiger partial charge in [0.25, 0.3) is 5.69 Å². The van der Waals surface area contributed by atoms with E-state index in [1.54, 1.807) is 18.8 Å². The smallest absolute Gasteiger partial charge is 0.270 e. The number of thiazole rings is 1. The van der Waals surface area contributed by atoms with E-state index in [-0.39, 0.29) is 22.8 Å². The molecule has 0 aliphatic heterocycles. The van der Waals surface area contributed by atoms with Crippen molar-refractivity contribution in [3.8, 4) is 0 Å². The number of nitrogens with one attached hydrogen (secondary N) is 2. The molecule has 1 heterocycles. The lowest BCUT2D eigenvalue weighted by atomic mass is 10.3. The van der Waals surface area contributed by atoms with Crippen LogP contribution in [0.4, 0.5) is 11.4 Å². The first-order chi connectivity index (χ1) is 9.94. The van der Waals surface area contributed by atoms with Crippen LogP contribution < -0.4 is 10.0 Å². The normalized spacial score (nSPS) is 11.3. The van der Waals surface area contributed by atoms with Gasteiger partial charge in [0.1, 0.15) is 4.90 Å². The second-order valence-electron chi connectivity index (χ2n) is 3.98. The maximum absolute atomic E-state index is 12.3. The minimum absolute atomic E-state index is 0.0822. The second-order valence-corrected chi connectivity index (χ2v) is 6.69. The molecule has 1 aromatic heterocycles. The highest BCUT2D eigenvalue weighted by atomic mass is 32.2. The van der Waals surface area contributed by atoms with Crippen LogP contribution in [-0.4, -0.2) is 25.4 Å². The minimum Gasteiger partial charge on any atom is -0.387 e. The Kier molecular flexibility index (Phi) is 4.50. The van der Waals surface area contributed by atoms with Gasteiger partial charge in [-0.3, -0.25) is 15.1 Å². The summed E-state index contributed by atoms with van der Waals surface area (Å²) in [5, 5.41) is 13.5. The maximum Gasteiger partial charge on any atom is 0.270 e. The van der Waals surface area contributed by atoms with Crippen molar-refractivity contribution in [1.82, 2.24) is 9.71 Å². The van der Waals surface area contributed by atoms with E-state index in [1.807, 2.05) is 0 Å². The second kappa shape index (κ2) is 6.16. The summed E-state index contributed by atoms with van der Waals surface area (Å²) in [5.41, 5.74) is 1.60. The molecule has 0 spiro atoms. The Morgan fingerprint density at radius 2 is 2.19 bits per heavy atom. The monoisotopic (exact) mass is 328 g/mol. The van der Waals surface area contributed by atoms with Gasteiger partial charge in [-0.2, -0.15) is 0 Å². The third-order valence-corrected chi connectivity index (χ3v) is 4.88. The summed E-state index contributed by atoms with van der Waals surface area (Å²) in [6.45, 7) is 0.0822. The highest BCUT2D eigenvalue weighted by Gasteiger charge is 2.21. The Labute approximate surface area is 125 Å². The molecule has 8 nitrogen and oxygen atoms in total. The molecule has 2 rings (SSSR count). The number of benzene rings is 1. The van der Waals surface area contributed by atoms with Crippen molar-refractivity contribution < 1.29 is 13.3 Å². The van der Waals surface area contributed by atoms with E-state index in [1.165, 1.54) is 23.5 Å². The predicted octanol–water partition coefficient (Wildman–Crippen LogP) is 1.57. The van der Waals surface area contributed by atoms with E-state index in [4.69, 9.17) is 0 Å². The number of nitro groups is 1. The van der Waals surface area contributed by atoms with Crippen LogP contribution in [0.2, 0.25) is 0 Å². The van der Waals surface area contributed by atoms with Crippen molar-refractivity contribution in [3.05, 3.63) is 44.9 Å². The molecule has 0 aliphatic carbocycles. The van der Waals surface area contributed by atoms with Crippen LogP contribution in [0.15, 0.2) is 34.8 Å². The average molecular weight is 328 g/mol. The zero-order valence-corrected chi connectivity index (χ0v) is 12.6. The van der Waals surface area contributed by atoms with Crippen molar-refractivity contribution in [2.45, 2.75) is 11.4 Å². The average Bonchev–Trinajstić information content (AvgIpc) is 2.98. The van der Waals surface area contributed by atoms with Crippen molar-refractivity contribution >= 4 is 32.7 Å². The van der Waals surface area contributed by atoms with E-state index >= 15 is 0 Å². The fourth-order valence-corrected chi connectivity index (χ4v) is 3.49. The molecule has 0 saturated carbocycles. The number of sulfonamides is 1. The van der Waals surface area contributed by atoms with Gasteiger partial charge in [0.05, 0.1) is 16.1 Å². The van der Waals surface area contributed by atoms with Crippen molar-refractivity contribution in [2.24, 2.45) is 0 Å². The van der Waals surface area contributed by atoms with Gasteiger partial charge in [-0.15, -0.1) is 11.3 Å². The highest BCUT2D eigenvalue weighted by molar-refractivity contribution is 7.89. The van der Waals surface area contributed by atoms with Crippen LogP contribution in [0.1, 0.15) is 4.88 Å². The van der Waals surface area contributed by atoms with Gasteiger partial charge in [0.2, 0.25) is 10.0 Å². The fourth-order valence-electron chi connectivity index (χ4n) is 1.63. The summed E-state index contributed by atoms with van der Waals surface area (Å²) >= 11 is 1.31. The molecule has 0 bridgehead atoms. The molecule has 0 fully saturated rings. The van der Waals surface area contributed by atoms with Crippen LogP contribution >= 0.6 is 11.3 Å². The molecule has 0 unspecified atom stereocenters. The Balaban J connectivity index is 2.33. The summed E-state index contributed by atoms with van der Waals surface area (Å²) in [7, 11) is -2.33. The Morgan fingerprint density at radius 3 is 2.76 bits per heavy atom. The Hall–Kier alpha value is -2.04. The first-order valence-electron chi connectivity index (χ1n) is 5.77. The quantitative estimate of drug-likeness (QED) is 0.614. The molecule has 0 radical (unpaired) electrons. The van der Waals surface area contributed by atoms with Crippen LogP contribution in [0, 0.1) is 10.1 Å². The number of nitrogens with zero attached hydrogens (tertiary/aromatic N) is 2. The molecular formula is C11H12N4O4S2. The third-order valence-electron chi connectivity index (χ3n) is 2.65. The number of anilines is 1. The molecule has 2 aromatic rings. The van der Waals surface area contributed by atoms with E-state index in [0.29, 0.717) is 0 Å². The third kappa shape index (κ3) is 3.54. The molecule has 10 heteroatoms. The zero-order valence-electron chi connectivity index (χ0n) is 10.9. The molecule has 1 aromatic carbocycles. The lowest BCUT2D eigenvalue weighted by molar-refractivity contribution is -0.385. The number of hydrogen-bond acceptors (Lipinski definition) is 7. The van der Waals surface area contributed by atoms with Gasteiger partial charge in [-0.1, -0.05) is 0 Å². The molecule has 0 amide bonds. The van der Waals surface area contributed by atoms with Gasteiger partial charge in [0, 0.05) is 36.8 Å². The van der Waals surface area contributed by atoms with Crippen molar-refractivity contribution in [2.75, 3.05) is 12.4 Å². The van der Waals surface area contributed by atoms with Crippen molar-refractivity contribution in [3.63, 3.8) is 0 Å². The van der Waals surface area contributed by atoms with E-state index in [0.717, 1.165) is 10.9 Å². The number of nitro benzene ring substituents is 1. The largest absolute Gasteiger partial charge is 0.387 e. The summed E-state index contributed by atoms with van der Waals surface area (Å²) in [6, 6.07) is 3.63. The molecule has 0 aliphatic rings. The van der Waals surface area contributed by atoms with Gasteiger partial charge in [-0.05, 0) is 6.07 Å². The van der Waals surface area contributed by atoms with Crippen LogP contribution in [0.25, 0.3) is 0 Å². The number of non-ortho nitro benzene ring substituents is 1. The van der Waals surface area contributed by atoms with Gasteiger partial charge >= 0.3 is 0 Å². The van der Waals surface area contributed by atoms with E-state index < -0.39 is 14.9 Å². The zero-order chi connectivity index (χ0) is 15.5. The molecule has 2 N–H and O–H groups in total. The molecule has 0 saturated heterocycles. The first-order valence-corrected chi connectivity index (χ1v) is 8.13. The number of aromatic nitrogens is 1. The van der Waals surface area contributed by atoms with E-state index in [9.17, 15) is 18.5 Å².